The molecule has 1 aliphatic rings. The molecule has 0 heterocycles. The van der Waals surface area contributed by atoms with Gasteiger partial charge in [0, 0.05) is 17.4 Å². The van der Waals surface area contributed by atoms with Gasteiger partial charge in [0.1, 0.15) is 5.60 Å². The van der Waals surface area contributed by atoms with E-state index in [1.165, 1.54) is 19.3 Å². The van der Waals surface area contributed by atoms with Crippen LogP contribution in [0.3, 0.4) is 0 Å². The molecule has 1 amide bonds. The van der Waals surface area contributed by atoms with Crippen LogP contribution in [-0.4, -0.2) is 17.7 Å². The molecule has 1 aromatic rings. The summed E-state index contributed by atoms with van der Waals surface area (Å²) in [6.45, 7) is 10.2. The van der Waals surface area contributed by atoms with Gasteiger partial charge in [0.2, 0.25) is 0 Å². The molecule has 23 heavy (non-hydrogen) atoms. The minimum Gasteiger partial charge on any atom is -0.444 e. The van der Waals surface area contributed by atoms with E-state index in [0.29, 0.717) is 12.0 Å². The highest BCUT2D eigenvalue weighted by Gasteiger charge is 2.25. The van der Waals surface area contributed by atoms with Crippen molar-refractivity contribution < 1.29 is 9.53 Å². The van der Waals surface area contributed by atoms with Gasteiger partial charge in [-0.1, -0.05) is 26.3 Å². The number of carbonyl (C=O) groups is 1. The van der Waals surface area contributed by atoms with Crippen molar-refractivity contribution in [1.29, 1.82) is 0 Å². The summed E-state index contributed by atoms with van der Waals surface area (Å²) in [6.07, 6.45) is 3.37. The zero-order valence-electron chi connectivity index (χ0n) is 15.0. The zero-order chi connectivity index (χ0) is 17.0. The Morgan fingerprint density at radius 3 is 2.57 bits per heavy atom. The van der Waals surface area contributed by atoms with Crippen molar-refractivity contribution in [2.45, 2.75) is 65.5 Å². The Bertz CT molecular complexity index is 536. The average Bonchev–Trinajstić information content (AvgIpc) is 2.41. The number of nitrogens with one attached hydrogen (secondary N) is 2. The molecular formula is C19H30N2O2. The van der Waals surface area contributed by atoms with Crippen LogP contribution in [0.2, 0.25) is 0 Å². The Balaban J connectivity index is 1.98. The molecule has 1 saturated carbocycles. The van der Waals surface area contributed by atoms with Crippen LogP contribution in [0, 0.1) is 11.8 Å². The molecule has 3 atom stereocenters. The summed E-state index contributed by atoms with van der Waals surface area (Å²) in [5.74, 6) is 1.44. The molecule has 0 saturated heterocycles. The lowest BCUT2D eigenvalue weighted by Gasteiger charge is -2.34. The molecule has 1 aromatic carbocycles. The molecule has 1 fully saturated rings. The summed E-state index contributed by atoms with van der Waals surface area (Å²) in [5, 5.41) is 6.43. The van der Waals surface area contributed by atoms with Crippen LogP contribution in [0.1, 0.15) is 53.9 Å². The number of ether oxygens (including phenoxy) is 1. The van der Waals surface area contributed by atoms with Crippen LogP contribution >= 0.6 is 0 Å². The van der Waals surface area contributed by atoms with Crippen LogP contribution in [0.5, 0.6) is 0 Å². The van der Waals surface area contributed by atoms with Crippen molar-refractivity contribution in [3.05, 3.63) is 24.3 Å². The van der Waals surface area contributed by atoms with E-state index in [1.54, 1.807) is 0 Å². The van der Waals surface area contributed by atoms with E-state index >= 15 is 0 Å². The number of carbonyl (C=O) groups excluding carboxylic acids is 1. The van der Waals surface area contributed by atoms with Gasteiger partial charge in [-0.05, 0) is 63.6 Å². The van der Waals surface area contributed by atoms with Gasteiger partial charge >= 0.3 is 6.09 Å². The third-order valence-corrected chi connectivity index (χ3v) is 4.32. The van der Waals surface area contributed by atoms with E-state index < -0.39 is 11.7 Å². The smallest absolute Gasteiger partial charge is 0.412 e. The molecule has 128 valence electrons. The topological polar surface area (TPSA) is 50.4 Å². The van der Waals surface area contributed by atoms with Gasteiger partial charge in [-0.15, -0.1) is 0 Å². The first-order chi connectivity index (χ1) is 10.7. The van der Waals surface area contributed by atoms with Crippen molar-refractivity contribution in [3.8, 4) is 0 Å². The first kappa shape index (κ1) is 17.6. The first-order valence-corrected chi connectivity index (χ1v) is 8.59. The number of benzene rings is 1. The molecule has 4 heteroatoms. The number of amides is 1. The monoisotopic (exact) mass is 318 g/mol. The zero-order valence-corrected chi connectivity index (χ0v) is 15.0. The second-order valence-corrected chi connectivity index (χ2v) is 7.85. The molecule has 0 aromatic heterocycles. The van der Waals surface area contributed by atoms with E-state index in [-0.39, 0.29) is 0 Å². The summed E-state index contributed by atoms with van der Waals surface area (Å²) in [7, 11) is 0. The van der Waals surface area contributed by atoms with E-state index in [2.05, 4.69) is 24.5 Å². The van der Waals surface area contributed by atoms with E-state index in [9.17, 15) is 4.79 Å². The number of hydrogen-bond acceptors (Lipinski definition) is 3. The van der Waals surface area contributed by atoms with Crippen LogP contribution in [-0.2, 0) is 4.74 Å². The third-order valence-electron chi connectivity index (χ3n) is 4.32. The largest absolute Gasteiger partial charge is 0.444 e. The Hall–Kier alpha value is -1.71. The lowest BCUT2D eigenvalue weighted by molar-refractivity contribution is 0.0636. The number of rotatable bonds is 3. The van der Waals surface area contributed by atoms with Crippen molar-refractivity contribution in [2.24, 2.45) is 11.8 Å². The molecule has 1 aliphatic carbocycles. The van der Waals surface area contributed by atoms with E-state index in [4.69, 9.17) is 4.74 Å². The average molecular weight is 318 g/mol. The van der Waals surface area contributed by atoms with Crippen molar-refractivity contribution in [2.75, 3.05) is 10.6 Å². The standard InChI is InChI=1S/C19H30N2O2/c1-13-9-10-14(2)17(11-13)20-15-7-6-8-16(12-15)21-18(22)23-19(3,4)5/h6-8,12-14,17,20H,9-11H2,1-5H3,(H,21,22). The van der Waals surface area contributed by atoms with Gasteiger partial charge in [0.25, 0.3) is 0 Å². The maximum atomic E-state index is 11.9. The predicted molar refractivity (Wildman–Crippen MR) is 95.9 cm³/mol. The lowest BCUT2D eigenvalue weighted by Crippen LogP contribution is -2.33. The molecule has 0 radical (unpaired) electrons. The summed E-state index contributed by atoms with van der Waals surface area (Å²) < 4.78 is 5.29. The maximum absolute atomic E-state index is 11.9. The van der Waals surface area contributed by atoms with Gasteiger partial charge in [-0.25, -0.2) is 4.79 Å². The molecular weight excluding hydrogens is 288 g/mol. The molecule has 3 unspecified atom stereocenters. The third kappa shape index (κ3) is 5.77. The van der Waals surface area contributed by atoms with Crippen molar-refractivity contribution in [1.82, 2.24) is 0 Å². The van der Waals surface area contributed by atoms with E-state index in [0.717, 1.165) is 17.3 Å². The SMILES string of the molecule is CC1CCC(C)C(Nc2cccc(NC(=O)OC(C)(C)C)c2)C1. The Kier molecular flexibility index (Phi) is 5.55. The van der Waals surface area contributed by atoms with Crippen LogP contribution < -0.4 is 10.6 Å². The highest BCUT2D eigenvalue weighted by Crippen LogP contribution is 2.31. The minimum absolute atomic E-state index is 0.422. The second kappa shape index (κ2) is 7.24. The summed E-state index contributed by atoms with van der Waals surface area (Å²) in [5.41, 5.74) is 1.30. The van der Waals surface area contributed by atoms with Gasteiger partial charge in [-0.3, -0.25) is 5.32 Å². The van der Waals surface area contributed by atoms with Crippen LogP contribution in [0.4, 0.5) is 16.2 Å². The highest BCUT2D eigenvalue weighted by molar-refractivity contribution is 5.85. The lowest BCUT2D eigenvalue weighted by atomic mass is 9.80. The molecule has 0 aliphatic heterocycles. The van der Waals surface area contributed by atoms with Gasteiger partial charge in [-0.2, -0.15) is 0 Å². The number of hydrogen-bond donors (Lipinski definition) is 2. The number of anilines is 2. The molecule has 0 spiro atoms. The van der Waals surface area contributed by atoms with Crippen molar-refractivity contribution >= 4 is 17.5 Å². The molecule has 2 rings (SSSR count). The van der Waals surface area contributed by atoms with Gasteiger partial charge in [0.15, 0.2) is 0 Å². The Morgan fingerprint density at radius 2 is 1.87 bits per heavy atom. The fourth-order valence-electron chi connectivity index (χ4n) is 3.06. The fourth-order valence-corrected chi connectivity index (χ4v) is 3.06. The minimum atomic E-state index is -0.492. The van der Waals surface area contributed by atoms with Gasteiger partial charge < -0.3 is 10.1 Å². The maximum Gasteiger partial charge on any atom is 0.412 e. The van der Waals surface area contributed by atoms with Crippen LogP contribution in [0.25, 0.3) is 0 Å². The highest BCUT2D eigenvalue weighted by atomic mass is 16.6. The van der Waals surface area contributed by atoms with Gasteiger partial charge in [0.05, 0.1) is 0 Å². The second-order valence-electron chi connectivity index (χ2n) is 7.85. The van der Waals surface area contributed by atoms with Crippen LogP contribution in [0.15, 0.2) is 24.3 Å². The fraction of sp³-hybridized carbons (Fsp3) is 0.632. The van der Waals surface area contributed by atoms with E-state index in [1.807, 2.05) is 45.0 Å². The Labute approximate surface area is 140 Å². The summed E-state index contributed by atoms with van der Waals surface area (Å²) in [4.78, 5) is 11.9. The predicted octanol–water partition coefficient (Wildman–Crippen LogP) is 5.27. The molecule has 0 bridgehead atoms. The summed E-state index contributed by atoms with van der Waals surface area (Å²) in [6, 6.07) is 8.34. The Morgan fingerprint density at radius 1 is 1.17 bits per heavy atom. The van der Waals surface area contributed by atoms with Crippen molar-refractivity contribution in [3.63, 3.8) is 0 Å². The normalized spacial score (nSPS) is 24.8. The summed E-state index contributed by atoms with van der Waals surface area (Å²) >= 11 is 0. The quantitative estimate of drug-likeness (QED) is 0.798. The molecule has 2 N–H and O–H groups in total. The first-order valence-electron chi connectivity index (χ1n) is 8.59. The molecule has 4 nitrogen and oxygen atoms in total.